The van der Waals surface area contributed by atoms with E-state index in [1.165, 1.54) is 6.92 Å². The van der Waals surface area contributed by atoms with Crippen LogP contribution >= 0.6 is 0 Å². The standard InChI is InChI=1S/C18H23N3O4S/c1-5-10-19-26(23,24)17-11-15(7-6-12(17)2)8-9-16-18(20-14(4)22)13(3)21-25-16/h6-9,11,19H,5,10H2,1-4H3,(H,20,22). The molecule has 1 aromatic carbocycles. The number of hydrogen-bond acceptors (Lipinski definition) is 5. The first-order valence-corrected chi connectivity index (χ1v) is 9.75. The molecule has 0 spiro atoms. The van der Waals surface area contributed by atoms with Crippen molar-refractivity contribution >= 4 is 33.8 Å². The van der Waals surface area contributed by atoms with Gasteiger partial charge in [0.2, 0.25) is 15.9 Å². The largest absolute Gasteiger partial charge is 0.354 e. The highest BCUT2D eigenvalue weighted by Gasteiger charge is 2.16. The average molecular weight is 377 g/mol. The molecule has 7 nitrogen and oxygen atoms in total. The first kappa shape index (κ1) is 19.9. The second-order valence-electron chi connectivity index (χ2n) is 5.94. The van der Waals surface area contributed by atoms with Gasteiger partial charge in [0.25, 0.3) is 0 Å². The molecule has 1 amide bonds. The zero-order valence-electron chi connectivity index (χ0n) is 15.3. The highest BCUT2D eigenvalue weighted by molar-refractivity contribution is 7.89. The lowest BCUT2D eigenvalue weighted by atomic mass is 10.1. The molecule has 0 saturated carbocycles. The molecule has 0 aliphatic carbocycles. The zero-order valence-corrected chi connectivity index (χ0v) is 16.1. The number of anilines is 1. The fourth-order valence-corrected chi connectivity index (χ4v) is 3.74. The second kappa shape index (κ2) is 8.29. The SMILES string of the molecule is CCCNS(=O)(=O)c1cc(C=Cc2onc(C)c2NC(C)=O)ccc1C. The van der Waals surface area contributed by atoms with E-state index in [2.05, 4.69) is 15.2 Å². The first-order chi connectivity index (χ1) is 12.2. The van der Waals surface area contributed by atoms with E-state index in [-0.39, 0.29) is 10.8 Å². The summed E-state index contributed by atoms with van der Waals surface area (Å²) in [7, 11) is -3.56. The molecule has 2 aromatic rings. The van der Waals surface area contributed by atoms with E-state index in [0.717, 1.165) is 0 Å². The Morgan fingerprint density at radius 1 is 1.27 bits per heavy atom. The van der Waals surface area contributed by atoms with Gasteiger partial charge in [0.15, 0.2) is 5.76 Å². The van der Waals surface area contributed by atoms with Crippen LogP contribution in [0.4, 0.5) is 5.69 Å². The maximum atomic E-state index is 12.4. The highest BCUT2D eigenvalue weighted by atomic mass is 32.2. The van der Waals surface area contributed by atoms with Gasteiger partial charge in [-0.25, -0.2) is 13.1 Å². The lowest BCUT2D eigenvalue weighted by molar-refractivity contribution is -0.114. The van der Waals surface area contributed by atoms with Crippen LogP contribution in [-0.2, 0) is 14.8 Å². The molecular weight excluding hydrogens is 354 g/mol. The van der Waals surface area contributed by atoms with Gasteiger partial charge in [-0.05, 0) is 43.5 Å². The minimum Gasteiger partial charge on any atom is -0.354 e. The van der Waals surface area contributed by atoms with Crippen LogP contribution in [0.3, 0.4) is 0 Å². The number of aryl methyl sites for hydroxylation is 2. The molecule has 1 heterocycles. The summed E-state index contributed by atoms with van der Waals surface area (Å²) in [4.78, 5) is 11.5. The Morgan fingerprint density at radius 2 is 2.00 bits per heavy atom. The average Bonchev–Trinajstić information content (AvgIpc) is 2.92. The van der Waals surface area contributed by atoms with Crippen LogP contribution < -0.4 is 10.0 Å². The Hall–Kier alpha value is -2.45. The van der Waals surface area contributed by atoms with Crippen LogP contribution in [-0.4, -0.2) is 26.0 Å². The van der Waals surface area contributed by atoms with Crippen LogP contribution in [0.25, 0.3) is 12.2 Å². The summed E-state index contributed by atoms with van der Waals surface area (Å²) < 4.78 is 32.6. The van der Waals surface area contributed by atoms with Gasteiger partial charge in [-0.3, -0.25) is 4.79 Å². The molecular formula is C18H23N3O4S. The molecule has 26 heavy (non-hydrogen) atoms. The Bertz CT molecular complexity index is 930. The van der Waals surface area contributed by atoms with Crippen molar-refractivity contribution < 1.29 is 17.7 Å². The van der Waals surface area contributed by atoms with E-state index >= 15 is 0 Å². The van der Waals surface area contributed by atoms with E-state index in [4.69, 9.17) is 4.52 Å². The number of nitrogens with zero attached hydrogens (tertiary/aromatic N) is 1. The number of nitrogens with one attached hydrogen (secondary N) is 2. The Kier molecular flexibility index (Phi) is 6.33. The Balaban J connectivity index is 2.33. The molecule has 0 unspecified atom stereocenters. The van der Waals surface area contributed by atoms with Gasteiger partial charge >= 0.3 is 0 Å². The van der Waals surface area contributed by atoms with E-state index in [1.807, 2.05) is 13.0 Å². The van der Waals surface area contributed by atoms with Crippen molar-refractivity contribution in [1.29, 1.82) is 0 Å². The molecule has 0 radical (unpaired) electrons. The molecule has 0 aliphatic heterocycles. The van der Waals surface area contributed by atoms with Gasteiger partial charge < -0.3 is 9.84 Å². The van der Waals surface area contributed by atoms with Gasteiger partial charge in [-0.1, -0.05) is 30.3 Å². The predicted octanol–water partition coefficient (Wildman–Crippen LogP) is 3.11. The molecule has 140 valence electrons. The quantitative estimate of drug-likeness (QED) is 0.772. The molecule has 1 aromatic heterocycles. The van der Waals surface area contributed by atoms with Crippen molar-refractivity contribution in [2.75, 3.05) is 11.9 Å². The topological polar surface area (TPSA) is 101 Å². The van der Waals surface area contributed by atoms with Crippen LogP contribution in [0.1, 0.15) is 42.8 Å². The van der Waals surface area contributed by atoms with Crippen molar-refractivity contribution in [3.63, 3.8) is 0 Å². The van der Waals surface area contributed by atoms with E-state index in [9.17, 15) is 13.2 Å². The lowest BCUT2D eigenvalue weighted by Crippen LogP contribution is -2.25. The molecule has 0 saturated heterocycles. The third-order valence-electron chi connectivity index (χ3n) is 3.66. The Labute approximate surface area is 153 Å². The van der Waals surface area contributed by atoms with Gasteiger partial charge in [0.05, 0.1) is 4.90 Å². The van der Waals surface area contributed by atoms with Gasteiger partial charge in [-0.2, -0.15) is 0 Å². The Morgan fingerprint density at radius 3 is 2.65 bits per heavy atom. The van der Waals surface area contributed by atoms with Crippen molar-refractivity contribution in [2.24, 2.45) is 0 Å². The maximum absolute atomic E-state index is 12.4. The number of sulfonamides is 1. The van der Waals surface area contributed by atoms with Gasteiger partial charge in [-0.15, -0.1) is 0 Å². The van der Waals surface area contributed by atoms with Crippen LogP contribution in [0.2, 0.25) is 0 Å². The summed E-state index contributed by atoms with van der Waals surface area (Å²) >= 11 is 0. The number of aromatic nitrogens is 1. The minimum atomic E-state index is -3.56. The number of rotatable bonds is 7. The van der Waals surface area contributed by atoms with E-state index in [1.54, 1.807) is 38.1 Å². The molecule has 8 heteroatoms. The summed E-state index contributed by atoms with van der Waals surface area (Å²) in [5, 5.41) is 6.51. The third-order valence-corrected chi connectivity index (χ3v) is 5.26. The zero-order chi connectivity index (χ0) is 19.3. The summed E-state index contributed by atoms with van der Waals surface area (Å²) in [5.41, 5.74) is 2.42. The van der Waals surface area contributed by atoms with Crippen LogP contribution in [0.15, 0.2) is 27.6 Å². The lowest BCUT2D eigenvalue weighted by Gasteiger charge is -2.09. The summed E-state index contributed by atoms with van der Waals surface area (Å²) in [6.07, 6.45) is 4.07. The van der Waals surface area contributed by atoms with E-state index in [0.29, 0.717) is 41.2 Å². The summed E-state index contributed by atoms with van der Waals surface area (Å²) in [5.74, 6) is 0.170. The highest BCUT2D eigenvalue weighted by Crippen LogP contribution is 2.23. The number of carbonyl (C=O) groups excluding carboxylic acids is 1. The van der Waals surface area contributed by atoms with Crippen molar-refractivity contribution in [2.45, 2.75) is 39.0 Å². The van der Waals surface area contributed by atoms with E-state index < -0.39 is 10.0 Å². The van der Waals surface area contributed by atoms with Crippen molar-refractivity contribution in [3.8, 4) is 0 Å². The maximum Gasteiger partial charge on any atom is 0.240 e. The number of hydrogen-bond donors (Lipinski definition) is 2. The number of amides is 1. The minimum absolute atomic E-state index is 0.225. The van der Waals surface area contributed by atoms with Crippen LogP contribution in [0, 0.1) is 13.8 Å². The van der Waals surface area contributed by atoms with Crippen molar-refractivity contribution in [3.05, 3.63) is 40.8 Å². The van der Waals surface area contributed by atoms with Crippen LogP contribution in [0.5, 0.6) is 0 Å². The summed E-state index contributed by atoms with van der Waals surface area (Å²) in [6.45, 7) is 7.17. The monoisotopic (exact) mass is 377 g/mol. The molecule has 0 aliphatic rings. The smallest absolute Gasteiger partial charge is 0.240 e. The number of carbonyl (C=O) groups is 1. The molecule has 2 N–H and O–H groups in total. The molecule has 0 bridgehead atoms. The molecule has 2 rings (SSSR count). The first-order valence-electron chi connectivity index (χ1n) is 8.27. The summed E-state index contributed by atoms with van der Waals surface area (Å²) in [6, 6.07) is 5.16. The normalized spacial score (nSPS) is 11.8. The van der Waals surface area contributed by atoms with Crippen molar-refractivity contribution in [1.82, 2.24) is 9.88 Å². The van der Waals surface area contributed by atoms with Gasteiger partial charge in [0, 0.05) is 13.5 Å². The predicted molar refractivity (Wildman–Crippen MR) is 101 cm³/mol. The fourth-order valence-electron chi connectivity index (χ4n) is 2.33. The number of benzene rings is 1. The second-order valence-corrected chi connectivity index (χ2v) is 7.68. The fraction of sp³-hybridized carbons (Fsp3) is 0.333. The molecule has 0 fully saturated rings. The molecule has 0 atom stereocenters. The third kappa shape index (κ3) is 4.80. The van der Waals surface area contributed by atoms with Gasteiger partial charge in [0.1, 0.15) is 11.4 Å².